The molecule has 0 bridgehead atoms. The number of nitriles is 1. The number of nitrogens with zero attached hydrogens (tertiary/aromatic N) is 2. The van der Waals surface area contributed by atoms with Crippen LogP contribution in [-0.2, 0) is 11.3 Å². The van der Waals surface area contributed by atoms with Crippen LogP contribution in [0, 0.1) is 32.1 Å². The van der Waals surface area contributed by atoms with E-state index in [2.05, 4.69) is 42.6 Å². The Balaban J connectivity index is 1.95. The maximum absolute atomic E-state index is 12.2. The number of amides is 1. The molecule has 0 saturated carbocycles. The highest BCUT2D eigenvalue weighted by atomic mass is 32.1. The minimum Gasteiger partial charge on any atom is -0.315 e. The number of nitrogens with one attached hydrogen (secondary N) is 1. The van der Waals surface area contributed by atoms with Gasteiger partial charge in [-0.2, -0.15) is 5.26 Å². The Morgan fingerprint density at radius 3 is 2.52 bits per heavy atom. The molecule has 120 valence electrons. The molecule has 1 N–H and O–H groups in total. The number of aryl methyl sites for hydroxylation is 2. The van der Waals surface area contributed by atoms with E-state index in [1.165, 1.54) is 22.5 Å². The molecule has 0 radical (unpaired) electrons. The summed E-state index contributed by atoms with van der Waals surface area (Å²) >= 11 is 1.45. The Morgan fingerprint density at radius 2 is 1.91 bits per heavy atom. The van der Waals surface area contributed by atoms with Crippen molar-refractivity contribution in [3.63, 3.8) is 0 Å². The van der Waals surface area contributed by atoms with Gasteiger partial charge in [-0.25, -0.2) is 0 Å². The van der Waals surface area contributed by atoms with Crippen LogP contribution >= 0.6 is 11.3 Å². The van der Waals surface area contributed by atoms with Gasteiger partial charge in [-0.3, -0.25) is 9.69 Å². The van der Waals surface area contributed by atoms with Gasteiger partial charge in [0, 0.05) is 11.4 Å². The Hall–Kier alpha value is -2.16. The van der Waals surface area contributed by atoms with E-state index in [1.54, 1.807) is 0 Å². The summed E-state index contributed by atoms with van der Waals surface area (Å²) in [6.07, 6.45) is 0. The third kappa shape index (κ3) is 4.41. The molecule has 5 heteroatoms. The van der Waals surface area contributed by atoms with Crippen molar-refractivity contribution in [3.8, 4) is 6.07 Å². The van der Waals surface area contributed by atoms with Gasteiger partial charge in [-0.1, -0.05) is 29.8 Å². The third-order valence-electron chi connectivity index (χ3n) is 3.74. The lowest BCUT2D eigenvalue weighted by Gasteiger charge is -2.16. The van der Waals surface area contributed by atoms with E-state index in [9.17, 15) is 10.1 Å². The van der Waals surface area contributed by atoms with Crippen molar-refractivity contribution in [2.45, 2.75) is 27.3 Å². The van der Waals surface area contributed by atoms with Crippen LogP contribution in [0.2, 0.25) is 0 Å². The lowest BCUT2D eigenvalue weighted by molar-refractivity contribution is -0.117. The number of carbonyl (C=O) groups excluding carboxylic acids is 1. The summed E-state index contributed by atoms with van der Waals surface area (Å²) in [5.41, 5.74) is 3.91. The van der Waals surface area contributed by atoms with E-state index in [-0.39, 0.29) is 12.5 Å². The molecule has 2 rings (SSSR count). The second-order valence-electron chi connectivity index (χ2n) is 5.81. The van der Waals surface area contributed by atoms with Crippen molar-refractivity contribution in [2.24, 2.45) is 0 Å². The van der Waals surface area contributed by atoms with Crippen LogP contribution in [0.4, 0.5) is 5.00 Å². The molecule has 0 spiro atoms. The Kier molecular flexibility index (Phi) is 5.54. The van der Waals surface area contributed by atoms with Crippen LogP contribution in [0.15, 0.2) is 24.3 Å². The number of anilines is 1. The number of hydrogen-bond acceptors (Lipinski definition) is 4. The van der Waals surface area contributed by atoms with Crippen LogP contribution in [0.3, 0.4) is 0 Å². The first-order chi connectivity index (χ1) is 10.9. The molecule has 0 aliphatic rings. The maximum atomic E-state index is 12.2. The predicted octanol–water partition coefficient (Wildman–Crippen LogP) is 3.62. The minimum absolute atomic E-state index is 0.0997. The zero-order valence-electron chi connectivity index (χ0n) is 13.9. The Morgan fingerprint density at radius 1 is 1.26 bits per heavy atom. The minimum atomic E-state index is -0.0997. The molecule has 0 aliphatic carbocycles. The average Bonchev–Trinajstić information content (AvgIpc) is 2.75. The zero-order chi connectivity index (χ0) is 17.0. The molecular formula is C18H21N3OS. The number of thiophene rings is 1. The highest BCUT2D eigenvalue weighted by molar-refractivity contribution is 7.16. The molecule has 2 aromatic rings. The van der Waals surface area contributed by atoms with E-state index in [0.717, 1.165) is 10.4 Å². The van der Waals surface area contributed by atoms with E-state index < -0.39 is 0 Å². The van der Waals surface area contributed by atoms with Gasteiger partial charge in [0.2, 0.25) is 5.91 Å². The summed E-state index contributed by atoms with van der Waals surface area (Å²) in [5, 5.41) is 12.7. The zero-order valence-corrected chi connectivity index (χ0v) is 14.8. The van der Waals surface area contributed by atoms with Gasteiger partial charge in [0.05, 0.1) is 12.1 Å². The first kappa shape index (κ1) is 17.2. The Labute approximate surface area is 141 Å². The molecule has 0 aliphatic heterocycles. The molecule has 0 atom stereocenters. The molecule has 0 unspecified atom stereocenters. The van der Waals surface area contributed by atoms with Gasteiger partial charge >= 0.3 is 0 Å². The van der Waals surface area contributed by atoms with E-state index in [4.69, 9.17) is 0 Å². The fourth-order valence-corrected chi connectivity index (χ4v) is 3.35. The van der Waals surface area contributed by atoms with Crippen molar-refractivity contribution in [1.82, 2.24) is 4.90 Å². The van der Waals surface area contributed by atoms with Crippen molar-refractivity contribution in [1.29, 1.82) is 5.26 Å². The van der Waals surface area contributed by atoms with Crippen LogP contribution in [0.25, 0.3) is 0 Å². The van der Waals surface area contributed by atoms with E-state index in [1.807, 2.05) is 25.8 Å². The molecular weight excluding hydrogens is 306 g/mol. The molecule has 4 nitrogen and oxygen atoms in total. The van der Waals surface area contributed by atoms with Gasteiger partial charge < -0.3 is 5.32 Å². The first-order valence-electron chi connectivity index (χ1n) is 7.44. The van der Waals surface area contributed by atoms with E-state index in [0.29, 0.717) is 17.1 Å². The SMILES string of the molecule is Cc1ccc(CN(C)CC(=O)Nc2sc(C)c(C)c2C#N)cc1. The maximum Gasteiger partial charge on any atom is 0.239 e. The normalized spacial score (nSPS) is 10.6. The monoisotopic (exact) mass is 327 g/mol. The number of carbonyl (C=O) groups is 1. The Bertz CT molecular complexity index is 741. The lowest BCUT2D eigenvalue weighted by Crippen LogP contribution is -2.29. The molecule has 1 amide bonds. The topological polar surface area (TPSA) is 56.1 Å². The summed E-state index contributed by atoms with van der Waals surface area (Å²) in [4.78, 5) is 15.2. The molecule has 1 aromatic carbocycles. The largest absolute Gasteiger partial charge is 0.315 e. The fraction of sp³-hybridized carbons (Fsp3) is 0.333. The number of benzene rings is 1. The summed E-state index contributed by atoms with van der Waals surface area (Å²) in [7, 11) is 1.91. The van der Waals surface area contributed by atoms with Gasteiger partial charge in [0.25, 0.3) is 0 Å². The van der Waals surface area contributed by atoms with Crippen molar-refractivity contribution in [2.75, 3.05) is 18.9 Å². The highest BCUT2D eigenvalue weighted by Gasteiger charge is 2.15. The van der Waals surface area contributed by atoms with Gasteiger partial charge in [-0.05, 0) is 38.9 Å². The molecule has 0 saturated heterocycles. The van der Waals surface area contributed by atoms with E-state index >= 15 is 0 Å². The molecule has 0 fully saturated rings. The third-order valence-corrected chi connectivity index (χ3v) is 4.86. The number of likely N-dealkylation sites (N-methyl/N-ethyl adjacent to an activating group) is 1. The standard InChI is InChI=1S/C18H21N3OS/c1-12-5-7-15(8-6-12)10-21(4)11-17(22)20-18-16(9-19)13(2)14(3)23-18/h5-8H,10-11H2,1-4H3,(H,20,22). The first-order valence-corrected chi connectivity index (χ1v) is 8.26. The van der Waals surface area contributed by atoms with Crippen LogP contribution in [0.1, 0.15) is 27.1 Å². The molecule has 1 heterocycles. The average molecular weight is 327 g/mol. The second kappa shape index (κ2) is 7.40. The smallest absolute Gasteiger partial charge is 0.239 e. The van der Waals surface area contributed by atoms with Crippen LogP contribution < -0.4 is 5.32 Å². The summed E-state index contributed by atoms with van der Waals surface area (Å²) in [6.45, 7) is 6.92. The quantitative estimate of drug-likeness (QED) is 0.912. The predicted molar refractivity (Wildman–Crippen MR) is 94.7 cm³/mol. The summed E-state index contributed by atoms with van der Waals surface area (Å²) in [5.74, 6) is -0.0997. The molecule has 1 aromatic heterocycles. The van der Waals surface area contributed by atoms with Crippen molar-refractivity contribution >= 4 is 22.2 Å². The number of rotatable bonds is 5. The van der Waals surface area contributed by atoms with Crippen LogP contribution in [0.5, 0.6) is 0 Å². The second-order valence-corrected chi connectivity index (χ2v) is 7.03. The van der Waals surface area contributed by atoms with Gasteiger partial charge in [0.15, 0.2) is 0 Å². The lowest BCUT2D eigenvalue weighted by atomic mass is 10.1. The van der Waals surface area contributed by atoms with Crippen LogP contribution in [-0.4, -0.2) is 24.4 Å². The van der Waals surface area contributed by atoms with Gasteiger partial charge in [0.1, 0.15) is 11.1 Å². The highest BCUT2D eigenvalue weighted by Crippen LogP contribution is 2.31. The summed E-state index contributed by atoms with van der Waals surface area (Å²) < 4.78 is 0. The molecule has 23 heavy (non-hydrogen) atoms. The van der Waals surface area contributed by atoms with Crippen molar-refractivity contribution < 1.29 is 4.79 Å². The number of hydrogen-bond donors (Lipinski definition) is 1. The van der Waals surface area contributed by atoms with Crippen molar-refractivity contribution in [3.05, 3.63) is 51.4 Å². The fourth-order valence-electron chi connectivity index (χ4n) is 2.32. The summed E-state index contributed by atoms with van der Waals surface area (Å²) in [6, 6.07) is 10.5. The van der Waals surface area contributed by atoms with Gasteiger partial charge in [-0.15, -0.1) is 11.3 Å².